The zero-order valence-corrected chi connectivity index (χ0v) is 18.0. The third-order valence-corrected chi connectivity index (χ3v) is 7.45. The van der Waals surface area contributed by atoms with Gasteiger partial charge in [-0.15, -0.1) is 23.1 Å². The third kappa shape index (κ3) is 4.48. The molecule has 2 aromatic rings. The summed E-state index contributed by atoms with van der Waals surface area (Å²) in [6, 6.07) is 8.69. The first-order valence-corrected chi connectivity index (χ1v) is 11.2. The summed E-state index contributed by atoms with van der Waals surface area (Å²) in [6.07, 6.45) is 1.48. The topological polar surface area (TPSA) is 92.7 Å². The van der Waals surface area contributed by atoms with Crippen molar-refractivity contribution in [3.63, 3.8) is 0 Å². The Labute approximate surface area is 177 Å². The van der Waals surface area contributed by atoms with Gasteiger partial charge in [0.15, 0.2) is 0 Å². The predicted molar refractivity (Wildman–Crippen MR) is 114 cm³/mol. The first-order valence-electron chi connectivity index (χ1n) is 9.41. The first kappa shape index (κ1) is 21.4. The average Bonchev–Trinajstić information content (AvgIpc) is 3.06. The number of carboxylic acids is 1. The highest BCUT2D eigenvalue weighted by Crippen LogP contribution is 2.44. The maximum absolute atomic E-state index is 12.8. The Balaban J connectivity index is 1.87. The fraction of sp³-hybridized carbons (Fsp3) is 0.381. The molecule has 29 heavy (non-hydrogen) atoms. The summed E-state index contributed by atoms with van der Waals surface area (Å²) in [4.78, 5) is 37.3. The Bertz CT molecular complexity index is 925. The lowest BCUT2D eigenvalue weighted by Crippen LogP contribution is -2.36. The Morgan fingerprint density at radius 2 is 1.97 bits per heavy atom. The minimum Gasteiger partial charge on any atom is -0.481 e. The average molecular weight is 434 g/mol. The van der Waals surface area contributed by atoms with E-state index < -0.39 is 23.3 Å². The second kappa shape index (κ2) is 9.00. The van der Waals surface area contributed by atoms with Gasteiger partial charge < -0.3 is 15.2 Å². The molecule has 1 aromatic heterocycles. The lowest BCUT2D eigenvalue weighted by molar-refractivity contribution is -0.145. The van der Waals surface area contributed by atoms with Gasteiger partial charge in [-0.2, -0.15) is 0 Å². The molecule has 2 heterocycles. The summed E-state index contributed by atoms with van der Waals surface area (Å²) in [6.45, 7) is 3.52. The van der Waals surface area contributed by atoms with E-state index in [9.17, 15) is 19.5 Å². The molecule has 1 aliphatic rings. The highest BCUT2D eigenvalue weighted by molar-refractivity contribution is 8.01. The molecule has 0 radical (unpaired) electrons. The Hall–Kier alpha value is -2.32. The maximum atomic E-state index is 12.8. The third-order valence-electron chi connectivity index (χ3n) is 4.90. The number of anilines is 1. The molecule has 0 fully saturated rings. The molecule has 0 spiro atoms. The van der Waals surface area contributed by atoms with Crippen molar-refractivity contribution in [2.45, 2.75) is 42.7 Å². The van der Waals surface area contributed by atoms with Crippen molar-refractivity contribution in [3.05, 3.63) is 47.0 Å². The number of carboxylic acid groups (broad SMARTS) is 1. The van der Waals surface area contributed by atoms with E-state index in [4.69, 9.17) is 4.74 Å². The number of carbonyl (C=O) groups excluding carboxylic acids is 2. The molecule has 8 heteroatoms. The van der Waals surface area contributed by atoms with Crippen molar-refractivity contribution in [1.82, 2.24) is 0 Å². The summed E-state index contributed by atoms with van der Waals surface area (Å²) in [5, 5.41) is 13.0. The van der Waals surface area contributed by atoms with E-state index in [1.165, 1.54) is 18.3 Å². The zero-order chi connectivity index (χ0) is 21.0. The van der Waals surface area contributed by atoms with Crippen LogP contribution in [0.1, 0.15) is 48.2 Å². The van der Waals surface area contributed by atoms with Gasteiger partial charge >= 0.3 is 11.9 Å². The van der Waals surface area contributed by atoms with Crippen LogP contribution in [0.2, 0.25) is 0 Å². The molecule has 2 N–H and O–H groups in total. The summed E-state index contributed by atoms with van der Waals surface area (Å²) < 4.78 is 6.21. The number of benzene rings is 1. The van der Waals surface area contributed by atoms with Crippen LogP contribution in [0.25, 0.3) is 0 Å². The number of rotatable bonds is 7. The fourth-order valence-corrected chi connectivity index (χ4v) is 5.88. The van der Waals surface area contributed by atoms with Gasteiger partial charge in [0.1, 0.15) is 5.00 Å². The number of esters is 1. The summed E-state index contributed by atoms with van der Waals surface area (Å²) in [5.41, 5.74) is 0.503. The monoisotopic (exact) mass is 433 g/mol. The molecular weight excluding hydrogens is 410 g/mol. The standard InChI is InChI=1S/C21H23NO5S2/c1-3-27-18(24)16-14-10-7-11-28-19(14)29-17(16)22-15(23)12-21(2,20(25)26)13-8-5-4-6-9-13/h4-6,8-9H,3,7,10-12H2,1-2H3,(H,22,23)(H,25,26). The fourth-order valence-electron chi connectivity index (χ4n) is 3.31. The molecule has 0 saturated heterocycles. The van der Waals surface area contributed by atoms with Gasteiger partial charge in [-0.3, -0.25) is 9.59 Å². The van der Waals surface area contributed by atoms with Gasteiger partial charge in [0.2, 0.25) is 5.91 Å². The van der Waals surface area contributed by atoms with Crippen molar-refractivity contribution in [2.75, 3.05) is 17.7 Å². The van der Waals surface area contributed by atoms with E-state index in [1.807, 2.05) is 0 Å². The van der Waals surface area contributed by atoms with Crippen molar-refractivity contribution in [2.24, 2.45) is 0 Å². The largest absolute Gasteiger partial charge is 0.481 e. The molecule has 154 valence electrons. The van der Waals surface area contributed by atoms with Crippen LogP contribution in [-0.2, 0) is 26.2 Å². The van der Waals surface area contributed by atoms with Gasteiger partial charge in [0, 0.05) is 6.42 Å². The van der Waals surface area contributed by atoms with Crippen LogP contribution in [0.5, 0.6) is 0 Å². The normalized spacial score (nSPS) is 15.1. The number of hydrogen-bond acceptors (Lipinski definition) is 6. The number of hydrogen-bond donors (Lipinski definition) is 2. The van der Waals surface area contributed by atoms with Crippen molar-refractivity contribution in [3.8, 4) is 0 Å². The van der Waals surface area contributed by atoms with Crippen molar-refractivity contribution >= 4 is 45.9 Å². The van der Waals surface area contributed by atoms with Crippen LogP contribution in [-0.4, -0.2) is 35.3 Å². The number of amides is 1. The quantitative estimate of drug-likeness (QED) is 0.631. The number of thioether (sulfide) groups is 1. The van der Waals surface area contributed by atoms with Crippen LogP contribution in [0.15, 0.2) is 34.5 Å². The predicted octanol–water partition coefficient (Wildman–Crippen LogP) is 4.33. The molecule has 6 nitrogen and oxygen atoms in total. The van der Waals surface area contributed by atoms with E-state index in [1.54, 1.807) is 49.0 Å². The van der Waals surface area contributed by atoms with E-state index >= 15 is 0 Å². The lowest BCUT2D eigenvalue weighted by atomic mass is 9.79. The van der Waals surface area contributed by atoms with E-state index in [2.05, 4.69) is 5.32 Å². The van der Waals surface area contributed by atoms with Crippen LogP contribution in [0.4, 0.5) is 5.00 Å². The molecule has 1 aliphatic heterocycles. The Morgan fingerprint density at radius 1 is 1.24 bits per heavy atom. The van der Waals surface area contributed by atoms with E-state index in [-0.39, 0.29) is 13.0 Å². The molecular formula is C21H23NO5S2. The number of carbonyl (C=O) groups is 3. The second-order valence-corrected chi connectivity index (χ2v) is 9.36. The Morgan fingerprint density at radius 3 is 2.62 bits per heavy atom. The number of ether oxygens (including phenoxy) is 1. The molecule has 1 aromatic carbocycles. The highest BCUT2D eigenvalue weighted by atomic mass is 32.2. The zero-order valence-electron chi connectivity index (χ0n) is 16.3. The summed E-state index contributed by atoms with van der Waals surface area (Å²) >= 11 is 3.02. The lowest BCUT2D eigenvalue weighted by Gasteiger charge is -2.24. The second-order valence-electron chi connectivity index (χ2n) is 6.97. The highest BCUT2D eigenvalue weighted by Gasteiger charge is 2.38. The first-order chi connectivity index (χ1) is 13.9. The smallest absolute Gasteiger partial charge is 0.341 e. The number of aliphatic carboxylic acids is 1. The molecule has 3 rings (SSSR count). The number of fused-ring (bicyclic) bond motifs is 1. The van der Waals surface area contributed by atoms with Gasteiger partial charge in [0.05, 0.1) is 21.8 Å². The molecule has 0 bridgehead atoms. The van der Waals surface area contributed by atoms with Gasteiger partial charge in [-0.1, -0.05) is 30.3 Å². The Kier molecular flexibility index (Phi) is 6.64. The van der Waals surface area contributed by atoms with Crippen LogP contribution in [0.3, 0.4) is 0 Å². The SMILES string of the molecule is CCOC(=O)c1c(NC(=O)CC(C)(C(=O)O)c2ccccc2)sc2c1CCCS2. The van der Waals surface area contributed by atoms with E-state index in [0.29, 0.717) is 16.1 Å². The van der Waals surface area contributed by atoms with Gasteiger partial charge in [-0.25, -0.2) is 4.79 Å². The number of thiophene rings is 1. The number of nitrogens with one attached hydrogen (secondary N) is 1. The van der Waals surface area contributed by atoms with Crippen molar-refractivity contribution < 1.29 is 24.2 Å². The summed E-state index contributed by atoms with van der Waals surface area (Å²) in [5.74, 6) is -1.01. The van der Waals surface area contributed by atoms with Crippen LogP contribution >= 0.6 is 23.1 Å². The molecule has 1 unspecified atom stereocenters. The molecule has 0 aliphatic carbocycles. The minimum absolute atomic E-state index is 0.245. The van der Waals surface area contributed by atoms with Crippen molar-refractivity contribution in [1.29, 1.82) is 0 Å². The summed E-state index contributed by atoms with van der Waals surface area (Å²) in [7, 11) is 0. The van der Waals surface area contributed by atoms with Gasteiger partial charge in [0.25, 0.3) is 0 Å². The van der Waals surface area contributed by atoms with Gasteiger partial charge in [-0.05, 0) is 43.6 Å². The van der Waals surface area contributed by atoms with Crippen LogP contribution < -0.4 is 5.32 Å². The van der Waals surface area contributed by atoms with E-state index in [0.717, 1.165) is 28.4 Å². The molecule has 0 saturated carbocycles. The van der Waals surface area contributed by atoms with Crippen LogP contribution in [0, 0.1) is 0 Å². The minimum atomic E-state index is -1.37. The molecule has 1 amide bonds. The molecule has 1 atom stereocenters. The maximum Gasteiger partial charge on any atom is 0.341 e.